The van der Waals surface area contributed by atoms with E-state index in [9.17, 15) is 4.79 Å². The largest absolute Gasteiger partial charge is 0.504 e. The van der Waals surface area contributed by atoms with Crippen LogP contribution in [-0.4, -0.2) is 5.11 Å². The lowest BCUT2D eigenvalue weighted by atomic mass is 10.1. The van der Waals surface area contributed by atoms with E-state index in [-0.39, 0.29) is 5.75 Å². The SMILES string of the molecule is C#CC(=C)c1cccc(O)c(=O)c1. The van der Waals surface area contributed by atoms with Crippen LogP contribution < -0.4 is 5.43 Å². The predicted octanol–water partition coefficient (Wildman–Crippen LogP) is 1.40. The molecular formula is C11H8O2. The molecule has 0 aliphatic carbocycles. The van der Waals surface area contributed by atoms with Gasteiger partial charge in [-0.2, -0.15) is 0 Å². The van der Waals surface area contributed by atoms with Gasteiger partial charge in [-0.1, -0.05) is 24.6 Å². The zero-order valence-corrected chi connectivity index (χ0v) is 6.95. The van der Waals surface area contributed by atoms with Crippen molar-refractivity contribution in [3.8, 4) is 18.1 Å². The van der Waals surface area contributed by atoms with Crippen LogP contribution in [0.1, 0.15) is 5.56 Å². The van der Waals surface area contributed by atoms with Crippen molar-refractivity contribution in [1.29, 1.82) is 0 Å². The number of rotatable bonds is 1. The molecule has 1 aromatic rings. The second-order valence-corrected chi connectivity index (χ2v) is 2.50. The summed E-state index contributed by atoms with van der Waals surface area (Å²) >= 11 is 0. The number of aromatic hydroxyl groups is 1. The molecule has 2 heteroatoms. The Morgan fingerprint density at radius 2 is 2.23 bits per heavy atom. The van der Waals surface area contributed by atoms with Gasteiger partial charge in [0.25, 0.3) is 0 Å². The van der Waals surface area contributed by atoms with Crippen molar-refractivity contribution in [2.24, 2.45) is 0 Å². The molecule has 0 aromatic heterocycles. The highest BCUT2D eigenvalue weighted by molar-refractivity contribution is 5.75. The van der Waals surface area contributed by atoms with Gasteiger partial charge in [0, 0.05) is 5.57 Å². The molecular weight excluding hydrogens is 164 g/mol. The number of hydrogen-bond acceptors (Lipinski definition) is 2. The second-order valence-electron chi connectivity index (χ2n) is 2.50. The molecule has 0 unspecified atom stereocenters. The molecule has 1 aromatic carbocycles. The molecule has 0 amide bonds. The molecule has 0 fully saturated rings. The van der Waals surface area contributed by atoms with Crippen LogP contribution in [-0.2, 0) is 0 Å². The Balaban J connectivity index is 3.40. The van der Waals surface area contributed by atoms with E-state index < -0.39 is 5.43 Å². The average Bonchev–Trinajstić information content (AvgIpc) is 2.28. The monoisotopic (exact) mass is 172 g/mol. The van der Waals surface area contributed by atoms with Gasteiger partial charge in [-0.05, 0) is 17.7 Å². The highest BCUT2D eigenvalue weighted by Crippen LogP contribution is 2.09. The lowest BCUT2D eigenvalue weighted by molar-refractivity contribution is 0.471. The molecule has 64 valence electrons. The first-order chi connectivity index (χ1) is 6.15. The summed E-state index contributed by atoms with van der Waals surface area (Å²) in [5.74, 6) is 2.03. The third-order valence-corrected chi connectivity index (χ3v) is 1.59. The van der Waals surface area contributed by atoms with Gasteiger partial charge in [-0.3, -0.25) is 4.79 Å². The Kier molecular flexibility index (Phi) is 2.51. The fourth-order valence-corrected chi connectivity index (χ4v) is 0.859. The fraction of sp³-hybridized carbons (Fsp3) is 0. The first-order valence-electron chi connectivity index (χ1n) is 3.64. The van der Waals surface area contributed by atoms with Crippen LogP contribution in [0, 0.1) is 12.3 Å². The minimum Gasteiger partial charge on any atom is -0.504 e. The molecule has 0 radical (unpaired) electrons. The highest BCUT2D eigenvalue weighted by atomic mass is 16.3. The topological polar surface area (TPSA) is 37.3 Å². The van der Waals surface area contributed by atoms with E-state index in [1.807, 2.05) is 0 Å². The van der Waals surface area contributed by atoms with E-state index in [2.05, 4.69) is 12.5 Å². The number of hydrogen-bond donors (Lipinski definition) is 1. The molecule has 0 saturated carbocycles. The molecule has 0 heterocycles. The van der Waals surface area contributed by atoms with E-state index in [0.717, 1.165) is 0 Å². The third-order valence-electron chi connectivity index (χ3n) is 1.59. The van der Waals surface area contributed by atoms with Gasteiger partial charge in [-0.25, -0.2) is 0 Å². The number of terminal acetylenes is 1. The maximum Gasteiger partial charge on any atom is 0.220 e. The Morgan fingerprint density at radius 1 is 1.54 bits per heavy atom. The van der Waals surface area contributed by atoms with Crippen molar-refractivity contribution in [1.82, 2.24) is 0 Å². The second kappa shape index (κ2) is 3.59. The van der Waals surface area contributed by atoms with Crippen molar-refractivity contribution >= 4 is 5.57 Å². The molecule has 0 spiro atoms. The smallest absolute Gasteiger partial charge is 0.220 e. The van der Waals surface area contributed by atoms with Gasteiger partial charge in [0.15, 0.2) is 5.75 Å². The molecule has 0 atom stereocenters. The Morgan fingerprint density at radius 3 is 2.85 bits per heavy atom. The van der Waals surface area contributed by atoms with Gasteiger partial charge >= 0.3 is 0 Å². The van der Waals surface area contributed by atoms with Gasteiger partial charge in [0.1, 0.15) is 0 Å². The summed E-state index contributed by atoms with van der Waals surface area (Å²) < 4.78 is 0. The van der Waals surface area contributed by atoms with E-state index in [1.54, 1.807) is 12.1 Å². The van der Waals surface area contributed by atoms with E-state index in [4.69, 9.17) is 11.5 Å². The summed E-state index contributed by atoms with van der Waals surface area (Å²) in [6, 6.07) is 5.76. The molecule has 1 N–H and O–H groups in total. The van der Waals surface area contributed by atoms with Crippen molar-refractivity contribution in [3.63, 3.8) is 0 Å². The average molecular weight is 172 g/mol. The van der Waals surface area contributed by atoms with Crippen LogP contribution in [0.15, 0.2) is 35.6 Å². The first kappa shape index (κ1) is 9.08. The summed E-state index contributed by atoms with van der Waals surface area (Å²) in [4.78, 5) is 11.1. The molecule has 0 saturated heterocycles. The van der Waals surface area contributed by atoms with Gasteiger partial charge < -0.3 is 5.11 Å². The predicted molar refractivity (Wildman–Crippen MR) is 52.2 cm³/mol. The number of allylic oxidation sites excluding steroid dienone is 1. The zero-order chi connectivity index (χ0) is 9.84. The van der Waals surface area contributed by atoms with Crippen LogP contribution in [0.3, 0.4) is 0 Å². The Hall–Kier alpha value is -2.01. The van der Waals surface area contributed by atoms with Crippen molar-refractivity contribution in [2.45, 2.75) is 0 Å². The summed E-state index contributed by atoms with van der Waals surface area (Å²) in [6.07, 6.45) is 5.12. The zero-order valence-electron chi connectivity index (χ0n) is 6.95. The molecule has 2 nitrogen and oxygen atoms in total. The van der Waals surface area contributed by atoms with Crippen LogP contribution in [0.4, 0.5) is 0 Å². The molecule has 13 heavy (non-hydrogen) atoms. The van der Waals surface area contributed by atoms with E-state index in [1.165, 1.54) is 12.1 Å². The van der Waals surface area contributed by atoms with Gasteiger partial charge in [0.05, 0.1) is 0 Å². The van der Waals surface area contributed by atoms with E-state index in [0.29, 0.717) is 11.1 Å². The summed E-state index contributed by atoms with van der Waals surface area (Å²) in [5, 5.41) is 9.06. The third kappa shape index (κ3) is 1.97. The van der Waals surface area contributed by atoms with Crippen LogP contribution in [0.2, 0.25) is 0 Å². The summed E-state index contributed by atoms with van der Waals surface area (Å²) in [7, 11) is 0. The lowest BCUT2D eigenvalue weighted by Gasteiger charge is -1.90. The first-order valence-corrected chi connectivity index (χ1v) is 3.64. The Bertz CT molecular complexity index is 439. The molecule has 0 aliphatic rings. The van der Waals surface area contributed by atoms with Gasteiger partial charge in [-0.15, -0.1) is 6.42 Å². The quantitative estimate of drug-likeness (QED) is 0.650. The van der Waals surface area contributed by atoms with Gasteiger partial charge in [0.2, 0.25) is 5.43 Å². The molecule has 0 bridgehead atoms. The summed E-state index contributed by atoms with van der Waals surface area (Å²) in [5.41, 5.74) is 0.511. The standard InChI is InChI=1S/C11H8O2/c1-3-8(2)9-5-4-6-10(12)11(13)7-9/h1,4-7H,2H2,(H,12,13). The van der Waals surface area contributed by atoms with Crippen molar-refractivity contribution in [2.75, 3.05) is 0 Å². The molecule has 1 rings (SSSR count). The highest BCUT2D eigenvalue weighted by Gasteiger charge is 1.97. The van der Waals surface area contributed by atoms with Crippen LogP contribution in [0.25, 0.3) is 5.57 Å². The maximum absolute atomic E-state index is 11.1. The van der Waals surface area contributed by atoms with Crippen molar-refractivity contribution in [3.05, 3.63) is 46.6 Å². The lowest BCUT2D eigenvalue weighted by Crippen LogP contribution is -1.94. The van der Waals surface area contributed by atoms with Crippen LogP contribution in [0.5, 0.6) is 5.75 Å². The maximum atomic E-state index is 11.1. The normalized spacial score (nSPS) is 8.85. The van der Waals surface area contributed by atoms with Crippen molar-refractivity contribution < 1.29 is 5.11 Å². The fourth-order valence-electron chi connectivity index (χ4n) is 0.859. The minimum absolute atomic E-state index is 0.295. The minimum atomic E-state index is -0.462. The van der Waals surface area contributed by atoms with Crippen LogP contribution >= 0.6 is 0 Å². The van der Waals surface area contributed by atoms with E-state index >= 15 is 0 Å². The molecule has 0 aliphatic heterocycles. The summed E-state index contributed by atoms with van der Waals surface area (Å²) in [6.45, 7) is 3.59. The Labute approximate surface area is 76.2 Å².